The van der Waals surface area contributed by atoms with Gasteiger partial charge in [0.2, 0.25) is 6.17 Å². The normalized spacial score (nSPS) is 46.6. The van der Waals surface area contributed by atoms with E-state index in [1.165, 1.54) is 0 Å². The van der Waals surface area contributed by atoms with Gasteiger partial charge < -0.3 is 0 Å². The van der Waals surface area contributed by atoms with Gasteiger partial charge in [0.1, 0.15) is 0 Å². The molecule has 0 saturated heterocycles. The minimum Gasteiger partial charge on any atom is -0.235 e. The Labute approximate surface area is 62.1 Å². The second-order valence-corrected chi connectivity index (χ2v) is 2.73. The summed E-state index contributed by atoms with van der Waals surface area (Å²) in [7, 11) is 0. The zero-order valence-electron chi connectivity index (χ0n) is 4.72. The van der Waals surface area contributed by atoms with Gasteiger partial charge in [0.25, 0.3) is 5.13 Å². The standard InChI is InChI=1S/C4HClF6/c5-2(7)1(6)3(8,9)4(2,10)11/h1H. The molecule has 0 aromatic heterocycles. The van der Waals surface area contributed by atoms with Gasteiger partial charge in [-0.25, -0.2) is 8.78 Å². The van der Waals surface area contributed by atoms with Gasteiger partial charge in [-0.15, -0.1) is 0 Å². The molecule has 11 heavy (non-hydrogen) atoms. The molecule has 1 aliphatic carbocycles. The fourth-order valence-electron chi connectivity index (χ4n) is 0.690. The van der Waals surface area contributed by atoms with Crippen molar-refractivity contribution in [2.75, 3.05) is 0 Å². The third kappa shape index (κ3) is 0.685. The van der Waals surface area contributed by atoms with Crippen molar-refractivity contribution >= 4 is 11.6 Å². The summed E-state index contributed by atoms with van der Waals surface area (Å²) < 4.78 is 71.1. The summed E-state index contributed by atoms with van der Waals surface area (Å²) >= 11 is 4.16. The van der Waals surface area contributed by atoms with Crippen molar-refractivity contribution in [1.82, 2.24) is 0 Å². The zero-order chi connectivity index (χ0) is 9.08. The molecule has 0 radical (unpaired) electrons. The van der Waals surface area contributed by atoms with E-state index in [1.54, 1.807) is 0 Å². The largest absolute Gasteiger partial charge is 0.363 e. The van der Waals surface area contributed by atoms with Crippen molar-refractivity contribution in [2.24, 2.45) is 0 Å². The van der Waals surface area contributed by atoms with Gasteiger partial charge in [-0.1, -0.05) is 11.6 Å². The molecule has 0 spiro atoms. The molecule has 7 heteroatoms. The predicted molar refractivity (Wildman–Crippen MR) is 24.5 cm³/mol. The third-order valence-corrected chi connectivity index (χ3v) is 1.90. The predicted octanol–water partition coefficient (Wildman–Crippen LogP) is 2.51. The minimum atomic E-state index is -5.12. The Bertz CT molecular complexity index is 169. The third-order valence-electron chi connectivity index (χ3n) is 1.47. The minimum absolute atomic E-state index is 3.65. The van der Waals surface area contributed by atoms with Crippen LogP contribution in [0.25, 0.3) is 0 Å². The fraction of sp³-hybridized carbons (Fsp3) is 1.00. The number of halogens is 7. The lowest BCUT2D eigenvalue weighted by Gasteiger charge is -2.47. The molecule has 0 N–H and O–H groups in total. The lowest BCUT2D eigenvalue weighted by Crippen LogP contribution is -2.76. The molecule has 0 nitrogen and oxygen atoms in total. The van der Waals surface area contributed by atoms with Crippen LogP contribution in [0.15, 0.2) is 0 Å². The molecule has 2 unspecified atom stereocenters. The van der Waals surface area contributed by atoms with E-state index in [0.29, 0.717) is 0 Å². The molecule has 2 atom stereocenters. The molecule has 0 aromatic carbocycles. The van der Waals surface area contributed by atoms with Crippen LogP contribution in [0, 0.1) is 0 Å². The van der Waals surface area contributed by atoms with E-state index in [-0.39, 0.29) is 0 Å². The maximum Gasteiger partial charge on any atom is 0.363 e. The van der Waals surface area contributed by atoms with E-state index < -0.39 is 23.1 Å². The van der Waals surface area contributed by atoms with Gasteiger partial charge in [-0.2, -0.15) is 17.6 Å². The van der Waals surface area contributed by atoms with Crippen molar-refractivity contribution in [1.29, 1.82) is 0 Å². The first kappa shape index (κ1) is 8.96. The summed E-state index contributed by atoms with van der Waals surface area (Å²) in [6.07, 6.45) is -3.65. The van der Waals surface area contributed by atoms with Crippen LogP contribution in [0.3, 0.4) is 0 Å². The zero-order valence-corrected chi connectivity index (χ0v) is 5.48. The first-order valence-corrected chi connectivity index (χ1v) is 2.81. The second kappa shape index (κ2) is 1.78. The van der Waals surface area contributed by atoms with Crippen LogP contribution in [-0.4, -0.2) is 23.1 Å². The average Bonchev–Trinajstić information content (AvgIpc) is 1.84. The lowest BCUT2D eigenvalue weighted by atomic mass is 9.84. The van der Waals surface area contributed by atoms with Crippen LogP contribution in [0.2, 0.25) is 0 Å². The molecule has 0 heterocycles. The van der Waals surface area contributed by atoms with E-state index >= 15 is 0 Å². The SMILES string of the molecule is FC1C(F)(F)C(F)(F)C1(F)Cl. The highest BCUT2D eigenvalue weighted by molar-refractivity contribution is 6.25. The van der Waals surface area contributed by atoms with E-state index in [4.69, 9.17) is 0 Å². The van der Waals surface area contributed by atoms with Crippen molar-refractivity contribution in [2.45, 2.75) is 23.1 Å². The summed E-state index contributed by atoms with van der Waals surface area (Å²) in [4.78, 5) is 0. The lowest BCUT2D eigenvalue weighted by molar-refractivity contribution is -0.368. The highest BCUT2D eigenvalue weighted by Gasteiger charge is 2.89. The maximum absolute atomic E-state index is 12.0. The van der Waals surface area contributed by atoms with Gasteiger partial charge >= 0.3 is 11.8 Å². The highest BCUT2D eigenvalue weighted by atomic mass is 35.5. The van der Waals surface area contributed by atoms with Gasteiger partial charge in [0.15, 0.2) is 0 Å². The monoisotopic (exact) mass is 198 g/mol. The molecular weight excluding hydrogens is 197 g/mol. The molecule has 66 valence electrons. The first-order valence-electron chi connectivity index (χ1n) is 2.43. The number of hydrogen-bond donors (Lipinski definition) is 0. The van der Waals surface area contributed by atoms with Crippen molar-refractivity contribution in [3.05, 3.63) is 0 Å². The van der Waals surface area contributed by atoms with E-state index in [0.717, 1.165) is 0 Å². The van der Waals surface area contributed by atoms with Crippen LogP contribution >= 0.6 is 11.6 Å². The van der Waals surface area contributed by atoms with Crippen LogP contribution in [-0.2, 0) is 0 Å². The van der Waals surface area contributed by atoms with Crippen LogP contribution < -0.4 is 0 Å². The second-order valence-electron chi connectivity index (χ2n) is 2.18. The molecule has 0 aliphatic heterocycles. The summed E-state index contributed by atoms with van der Waals surface area (Å²) in [6.45, 7) is 0. The molecule has 0 aromatic rings. The van der Waals surface area contributed by atoms with Crippen LogP contribution in [0.4, 0.5) is 26.3 Å². The van der Waals surface area contributed by atoms with E-state index in [1.807, 2.05) is 0 Å². The van der Waals surface area contributed by atoms with Gasteiger partial charge in [-0.3, -0.25) is 0 Å². The summed E-state index contributed by atoms with van der Waals surface area (Å²) in [5.74, 6) is -10.1. The average molecular weight is 198 g/mol. The Morgan fingerprint density at radius 1 is 1.00 bits per heavy atom. The molecule has 1 saturated carbocycles. The Morgan fingerprint density at radius 3 is 1.45 bits per heavy atom. The summed E-state index contributed by atoms with van der Waals surface area (Å²) in [5.41, 5.74) is 0. The van der Waals surface area contributed by atoms with Gasteiger partial charge in [0, 0.05) is 0 Å². The molecule has 0 amide bonds. The van der Waals surface area contributed by atoms with E-state index in [2.05, 4.69) is 11.6 Å². The Morgan fingerprint density at radius 2 is 1.36 bits per heavy atom. The Hall–Kier alpha value is -0.130. The molecule has 1 rings (SSSR count). The van der Waals surface area contributed by atoms with Gasteiger partial charge in [-0.05, 0) is 0 Å². The maximum atomic E-state index is 12.0. The van der Waals surface area contributed by atoms with Crippen LogP contribution in [0.1, 0.15) is 0 Å². The van der Waals surface area contributed by atoms with Crippen LogP contribution in [0.5, 0.6) is 0 Å². The fourth-order valence-corrected chi connectivity index (χ4v) is 0.953. The van der Waals surface area contributed by atoms with Crippen molar-refractivity contribution in [3.63, 3.8) is 0 Å². The van der Waals surface area contributed by atoms with Gasteiger partial charge in [0.05, 0.1) is 0 Å². The quantitative estimate of drug-likeness (QED) is 0.414. The number of rotatable bonds is 0. The number of alkyl halides is 7. The molecule has 0 bridgehead atoms. The molecular formula is C4HClF6. The summed E-state index contributed by atoms with van der Waals surface area (Å²) in [6, 6.07) is 0. The first-order chi connectivity index (χ1) is 4.65. The smallest absolute Gasteiger partial charge is 0.235 e. The van der Waals surface area contributed by atoms with E-state index in [9.17, 15) is 26.3 Å². The number of hydrogen-bond acceptors (Lipinski definition) is 0. The van der Waals surface area contributed by atoms with Crippen molar-refractivity contribution < 1.29 is 26.3 Å². The Balaban J connectivity index is 2.98. The molecule has 1 aliphatic rings. The molecule has 1 fully saturated rings. The highest BCUT2D eigenvalue weighted by Crippen LogP contribution is 2.63. The Kier molecular flexibility index (Phi) is 1.45. The topological polar surface area (TPSA) is 0 Å². The van der Waals surface area contributed by atoms with Crippen molar-refractivity contribution in [3.8, 4) is 0 Å². The summed E-state index contributed by atoms with van der Waals surface area (Å²) in [5, 5.41) is -4.27.